The number of carboxylic acids is 1. The zero-order valence-corrected chi connectivity index (χ0v) is 10.1. The Morgan fingerprint density at radius 2 is 2.00 bits per heavy atom. The SMILES string of the molecule is O=C(O)c1cccn1CCCCc1ccncc1. The van der Waals surface area contributed by atoms with Crippen molar-refractivity contribution in [1.29, 1.82) is 0 Å². The summed E-state index contributed by atoms with van der Waals surface area (Å²) in [6, 6.07) is 7.42. The van der Waals surface area contributed by atoms with Crippen molar-refractivity contribution in [2.45, 2.75) is 25.8 Å². The van der Waals surface area contributed by atoms with Crippen molar-refractivity contribution in [3.8, 4) is 0 Å². The third kappa shape index (κ3) is 3.20. The van der Waals surface area contributed by atoms with E-state index in [1.165, 1.54) is 5.56 Å². The van der Waals surface area contributed by atoms with Crippen LogP contribution in [0.4, 0.5) is 0 Å². The van der Waals surface area contributed by atoms with Gasteiger partial charge in [-0.15, -0.1) is 0 Å². The first-order valence-corrected chi connectivity index (χ1v) is 6.05. The Morgan fingerprint density at radius 3 is 2.72 bits per heavy atom. The molecule has 0 saturated heterocycles. The second kappa shape index (κ2) is 6.00. The van der Waals surface area contributed by atoms with E-state index in [4.69, 9.17) is 5.11 Å². The summed E-state index contributed by atoms with van der Waals surface area (Å²) in [7, 11) is 0. The van der Waals surface area contributed by atoms with E-state index >= 15 is 0 Å². The van der Waals surface area contributed by atoms with E-state index in [9.17, 15) is 4.79 Å². The monoisotopic (exact) mass is 244 g/mol. The minimum Gasteiger partial charge on any atom is -0.477 e. The topological polar surface area (TPSA) is 55.1 Å². The Labute approximate surface area is 106 Å². The summed E-state index contributed by atoms with van der Waals surface area (Å²) >= 11 is 0. The van der Waals surface area contributed by atoms with Gasteiger partial charge in [-0.25, -0.2) is 4.79 Å². The van der Waals surface area contributed by atoms with Crippen LogP contribution in [0.5, 0.6) is 0 Å². The van der Waals surface area contributed by atoms with Gasteiger partial charge in [0.2, 0.25) is 0 Å². The first-order chi connectivity index (χ1) is 8.77. The van der Waals surface area contributed by atoms with Gasteiger partial charge in [-0.1, -0.05) is 0 Å². The van der Waals surface area contributed by atoms with Crippen LogP contribution in [0, 0.1) is 0 Å². The van der Waals surface area contributed by atoms with E-state index in [1.807, 2.05) is 18.3 Å². The molecule has 2 aromatic rings. The summed E-state index contributed by atoms with van der Waals surface area (Å²) in [6.07, 6.45) is 8.42. The van der Waals surface area contributed by atoms with Gasteiger partial charge in [-0.05, 0) is 49.1 Å². The van der Waals surface area contributed by atoms with Crippen molar-refractivity contribution in [1.82, 2.24) is 9.55 Å². The van der Waals surface area contributed by atoms with Gasteiger partial charge in [-0.3, -0.25) is 4.98 Å². The van der Waals surface area contributed by atoms with Crippen LogP contribution in [0.2, 0.25) is 0 Å². The number of nitrogens with zero attached hydrogens (tertiary/aromatic N) is 2. The standard InChI is InChI=1S/C14H16N2O2/c17-14(18)13-5-3-11-16(13)10-2-1-4-12-6-8-15-9-7-12/h3,5-9,11H,1-2,4,10H2,(H,17,18). The lowest BCUT2D eigenvalue weighted by molar-refractivity contribution is 0.0685. The minimum absolute atomic E-state index is 0.360. The zero-order valence-electron chi connectivity index (χ0n) is 10.1. The molecule has 0 aliphatic heterocycles. The molecule has 0 saturated carbocycles. The first-order valence-electron chi connectivity index (χ1n) is 6.05. The maximum absolute atomic E-state index is 10.9. The molecule has 0 atom stereocenters. The summed E-state index contributed by atoms with van der Waals surface area (Å²) in [5, 5.41) is 8.96. The highest BCUT2D eigenvalue weighted by Gasteiger charge is 2.07. The minimum atomic E-state index is -0.867. The van der Waals surface area contributed by atoms with Crippen molar-refractivity contribution in [2.75, 3.05) is 0 Å². The lowest BCUT2D eigenvalue weighted by Gasteiger charge is -2.06. The first kappa shape index (κ1) is 12.4. The molecular weight excluding hydrogens is 228 g/mol. The van der Waals surface area contributed by atoms with E-state index in [1.54, 1.807) is 29.1 Å². The lowest BCUT2D eigenvalue weighted by atomic mass is 10.1. The predicted octanol–water partition coefficient (Wildman–Crippen LogP) is 2.60. The zero-order chi connectivity index (χ0) is 12.8. The van der Waals surface area contributed by atoms with Crippen LogP contribution in [0.15, 0.2) is 42.9 Å². The summed E-state index contributed by atoms with van der Waals surface area (Å²) in [4.78, 5) is 14.9. The molecule has 0 aromatic carbocycles. The molecule has 18 heavy (non-hydrogen) atoms. The van der Waals surface area contributed by atoms with Crippen LogP contribution < -0.4 is 0 Å². The van der Waals surface area contributed by atoms with Crippen molar-refractivity contribution < 1.29 is 9.90 Å². The van der Waals surface area contributed by atoms with Crippen LogP contribution >= 0.6 is 0 Å². The van der Waals surface area contributed by atoms with Gasteiger partial charge in [0.1, 0.15) is 5.69 Å². The molecule has 0 unspecified atom stereocenters. The van der Waals surface area contributed by atoms with Crippen molar-refractivity contribution >= 4 is 5.97 Å². The number of hydrogen-bond donors (Lipinski definition) is 1. The van der Waals surface area contributed by atoms with E-state index in [2.05, 4.69) is 4.98 Å². The summed E-state index contributed by atoms with van der Waals surface area (Å²) in [6.45, 7) is 0.750. The Kier molecular flexibility index (Phi) is 4.12. The second-order valence-corrected chi connectivity index (χ2v) is 4.20. The Morgan fingerprint density at radius 1 is 1.22 bits per heavy atom. The molecule has 2 rings (SSSR count). The van der Waals surface area contributed by atoms with Gasteiger partial charge in [0.15, 0.2) is 0 Å². The highest BCUT2D eigenvalue weighted by atomic mass is 16.4. The number of carboxylic acid groups (broad SMARTS) is 1. The molecule has 0 aliphatic carbocycles. The van der Waals surface area contributed by atoms with Crippen LogP contribution in [-0.2, 0) is 13.0 Å². The molecule has 0 bridgehead atoms. The van der Waals surface area contributed by atoms with E-state index in [0.717, 1.165) is 25.8 Å². The summed E-state index contributed by atoms with van der Waals surface area (Å²) in [5.74, 6) is -0.867. The van der Waals surface area contributed by atoms with Crippen LogP contribution in [0.1, 0.15) is 28.9 Å². The lowest BCUT2D eigenvalue weighted by Crippen LogP contribution is -2.07. The van der Waals surface area contributed by atoms with E-state index in [-0.39, 0.29) is 0 Å². The fourth-order valence-corrected chi connectivity index (χ4v) is 1.96. The molecule has 4 nitrogen and oxygen atoms in total. The van der Waals surface area contributed by atoms with Gasteiger partial charge in [0.05, 0.1) is 0 Å². The third-order valence-corrected chi connectivity index (χ3v) is 2.91. The molecule has 0 spiro atoms. The van der Waals surface area contributed by atoms with Crippen LogP contribution in [0.25, 0.3) is 0 Å². The fourth-order valence-electron chi connectivity index (χ4n) is 1.96. The average Bonchev–Trinajstić information content (AvgIpc) is 2.84. The molecule has 1 N–H and O–H groups in total. The van der Waals surface area contributed by atoms with Crippen LogP contribution in [0.3, 0.4) is 0 Å². The van der Waals surface area contributed by atoms with Gasteiger partial charge in [0, 0.05) is 25.1 Å². The number of aryl methyl sites for hydroxylation is 2. The normalized spacial score (nSPS) is 10.4. The number of carbonyl (C=O) groups is 1. The Balaban J connectivity index is 1.79. The fraction of sp³-hybridized carbons (Fsp3) is 0.286. The second-order valence-electron chi connectivity index (χ2n) is 4.20. The highest BCUT2D eigenvalue weighted by molar-refractivity contribution is 5.85. The molecule has 0 radical (unpaired) electrons. The van der Waals surface area contributed by atoms with Gasteiger partial charge < -0.3 is 9.67 Å². The molecule has 4 heteroatoms. The van der Waals surface area contributed by atoms with Crippen LogP contribution in [-0.4, -0.2) is 20.6 Å². The quantitative estimate of drug-likeness (QED) is 0.795. The van der Waals surface area contributed by atoms with Crippen molar-refractivity contribution in [2.24, 2.45) is 0 Å². The highest BCUT2D eigenvalue weighted by Crippen LogP contribution is 2.07. The number of aromatic nitrogens is 2. The molecule has 0 aliphatic rings. The number of pyridine rings is 1. The largest absolute Gasteiger partial charge is 0.477 e. The molecule has 0 amide bonds. The maximum atomic E-state index is 10.9. The van der Waals surface area contributed by atoms with Crippen molar-refractivity contribution in [3.63, 3.8) is 0 Å². The summed E-state index contributed by atoms with van der Waals surface area (Å²) in [5.41, 5.74) is 1.63. The van der Waals surface area contributed by atoms with Gasteiger partial charge in [0.25, 0.3) is 0 Å². The smallest absolute Gasteiger partial charge is 0.352 e. The number of rotatable bonds is 6. The number of unbranched alkanes of at least 4 members (excludes halogenated alkanes) is 1. The molecule has 2 heterocycles. The van der Waals surface area contributed by atoms with E-state index < -0.39 is 5.97 Å². The van der Waals surface area contributed by atoms with Crippen molar-refractivity contribution in [3.05, 3.63) is 54.1 Å². The third-order valence-electron chi connectivity index (χ3n) is 2.91. The number of hydrogen-bond acceptors (Lipinski definition) is 2. The Hall–Kier alpha value is -2.10. The maximum Gasteiger partial charge on any atom is 0.352 e. The molecular formula is C14H16N2O2. The average molecular weight is 244 g/mol. The number of aromatic carboxylic acids is 1. The molecule has 94 valence electrons. The van der Waals surface area contributed by atoms with Gasteiger partial charge >= 0.3 is 5.97 Å². The van der Waals surface area contributed by atoms with Gasteiger partial charge in [-0.2, -0.15) is 0 Å². The van der Waals surface area contributed by atoms with E-state index in [0.29, 0.717) is 5.69 Å². The Bertz CT molecular complexity index is 506. The summed E-state index contributed by atoms with van der Waals surface area (Å²) < 4.78 is 1.79. The molecule has 0 fully saturated rings. The predicted molar refractivity (Wildman–Crippen MR) is 68.6 cm³/mol. The molecule has 2 aromatic heterocycles.